The van der Waals surface area contributed by atoms with Gasteiger partial charge in [0.05, 0.1) is 17.1 Å². The summed E-state index contributed by atoms with van der Waals surface area (Å²) in [5.41, 5.74) is 2.51. The molecule has 1 saturated heterocycles. The number of carbonyl (C=O) groups excluding carboxylic acids is 1. The van der Waals surface area contributed by atoms with Gasteiger partial charge in [0.1, 0.15) is 5.75 Å². The second kappa shape index (κ2) is 11.2. The molecular weight excluding hydrogens is 464 g/mol. The lowest BCUT2D eigenvalue weighted by atomic mass is 10.1. The minimum absolute atomic E-state index is 0.113. The van der Waals surface area contributed by atoms with Crippen molar-refractivity contribution in [3.8, 4) is 5.75 Å². The fraction of sp³-hybridized carbons (Fsp3) is 0.269. The van der Waals surface area contributed by atoms with Crippen molar-refractivity contribution in [2.75, 3.05) is 42.4 Å². The van der Waals surface area contributed by atoms with E-state index in [4.69, 9.17) is 4.74 Å². The maximum Gasteiger partial charge on any atom is 0.261 e. The molecule has 0 bridgehead atoms. The fourth-order valence-corrected chi connectivity index (χ4v) is 4.98. The highest BCUT2D eigenvalue weighted by molar-refractivity contribution is 7.92. The van der Waals surface area contributed by atoms with Crippen LogP contribution in [0.25, 0.3) is 0 Å². The first kappa shape index (κ1) is 24.6. The standard InChI is InChI=1S/C26H30N4O4S/c1-2-34-22-9-11-23(12-10-22)35(32,33)29-21-8-13-25(30-16-14-27-15-17-30)24(18-21)26(31)28-19-20-6-4-3-5-7-20/h3-13,18,27,29H,2,14-17,19H2,1H3,(H,28,31). The quantitative estimate of drug-likeness (QED) is 0.422. The lowest BCUT2D eigenvalue weighted by molar-refractivity contribution is 0.0951. The largest absolute Gasteiger partial charge is 0.494 e. The molecule has 3 aromatic carbocycles. The van der Waals surface area contributed by atoms with Crippen LogP contribution in [-0.2, 0) is 16.6 Å². The lowest BCUT2D eigenvalue weighted by Crippen LogP contribution is -2.44. The fourth-order valence-electron chi connectivity index (χ4n) is 3.93. The van der Waals surface area contributed by atoms with Crippen molar-refractivity contribution in [1.29, 1.82) is 0 Å². The molecule has 35 heavy (non-hydrogen) atoms. The third-order valence-corrected chi connectivity index (χ3v) is 7.09. The van der Waals surface area contributed by atoms with E-state index in [-0.39, 0.29) is 10.8 Å². The second-order valence-electron chi connectivity index (χ2n) is 8.15. The third-order valence-electron chi connectivity index (χ3n) is 5.69. The SMILES string of the molecule is CCOc1ccc(S(=O)(=O)Nc2ccc(N3CCNCC3)c(C(=O)NCc3ccccc3)c2)cc1. The number of nitrogens with one attached hydrogen (secondary N) is 3. The molecule has 0 radical (unpaired) electrons. The molecule has 0 aromatic heterocycles. The summed E-state index contributed by atoms with van der Waals surface area (Å²) >= 11 is 0. The summed E-state index contributed by atoms with van der Waals surface area (Å²) < 4.78 is 34.0. The van der Waals surface area contributed by atoms with Crippen molar-refractivity contribution >= 4 is 27.3 Å². The van der Waals surface area contributed by atoms with Crippen molar-refractivity contribution < 1.29 is 17.9 Å². The minimum Gasteiger partial charge on any atom is -0.494 e. The van der Waals surface area contributed by atoms with Crippen LogP contribution in [0.4, 0.5) is 11.4 Å². The number of amides is 1. The molecule has 1 aliphatic heterocycles. The monoisotopic (exact) mass is 494 g/mol. The van der Waals surface area contributed by atoms with Crippen molar-refractivity contribution in [3.05, 3.63) is 83.9 Å². The Kier molecular flexibility index (Phi) is 7.89. The van der Waals surface area contributed by atoms with Gasteiger partial charge in [-0.25, -0.2) is 8.42 Å². The number of anilines is 2. The Labute approximate surface area is 206 Å². The number of ether oxygens (including phenoxy) is 1. The predicted molar refractivity (Wildman–Crippen MR) is 138 cm³/mol. The number of carbonyl (C=O) groups is 1. The minimum atomic E-state index is -3.84. The lowest BCUT2D eigenvalue weighted by Gasteiger charge is -2.31. The molecule has 1 fully saturated rings. The van der Waals surface area contributed by atoms with Crippen LogP contribution in [0, 0.1) is 0 Å². The Bertz CT molecular complexity index is 1240. The number of piperazine rings is 1. The molecule has 8 nitrogen and oxygen atoms in total. The normalized spacial score (nSPS) is 13.8. The van der Waals surface area contributed by atoms with Gasteiger partial charge in [-0.05, 0) is 55.0 Å². The summed E-state index contributed by atoms with van der Waals surface area (Å²) in [6.07, 6.45) is 0. The zero-order valence-electron chi connectivity index (χ0n) is 19.7. The van der Waals surface area contributed by atoms with Gasteiger partial charge in [-0.3, -0.25) is 9.52 Å². The summed E-state index contributed by atoms with van der Waals surface area (Å²) in [6.45, 7) is 5.90. The zero-order chi connectivity index (χ0) is 24.7. The molecule has 0 aliphatic carbocycles. The van der Waals surface area contributed by atoms with E-state index in [1.165, 1.54) is 12.1 Å². The van der Waals surface area contributed by atoms with E-state index < -0.39 is 10.0 Å². The second-order valence-corrected chi connectivity index (χ2v) is 9.83. The highest BCUT2D eigenvalue weighted by Gasteiger charge is 2.21. The van der Waals surface area contributed by atoms with Crippen molar-refractivity contribution in [1.82, 2.24) is 10.6 Å². The first-order chi connectivity index (χ1) is 17.0. The van der Waals surface area contributed by atoms with Crippen LogP contribution in [0.1, 0.15) is 22.8 Å². The predicted octanol–water partition coefficient (Wildman–Crippen LogP) is 3.23. The van der Waals surface area contributed by atoms with Gasteiger partial charge in [-0.2, -0.15) is 0 Å². The number of nitrogens with zero attached hydrogens (tertiary/aromatic N) is 1. The van der Waals surface area contributed by atoms with Gasteiger partial charge in [-0.15, -0.1) is 0 Å². The van der Waals surface area contributed by atoms with Crippen LogP contribution in [0.15, 0.2) is 77.7 Å². The first-order valence-electron chi connectivity index (χ1n) is 11.6. The molecule has 4 rings (SSSR count). The maximum absolute atomic E-state index is 13.2. The number of hydrogen-bond donors (Lipinski definition) is 3. The van der Waals surface area contributed by atoms with Gasteiger partial charge in [0.25, 0.3) is 15.9 Å². The van der Waals surface area contributed by atoms with Crippen LogP contribution in [-0.4, -0.2) is 47.1 Å². The molecule has 1 aliphatic rings. The van der Waals surface area contributed by atoms with Crippen molar-refractivity contribution in [3.63, 3.8) is 0 Å². The molecule has 1 heterocycles. The molecule has 184 valence electrons. The van der Waals surface area contributed by atoms with Crippen LogP contribution in [0.2, 0.25) is 0 Å². The molecule has 9 heteroatoms. The Morgan fingerprint density at radius 1 is 1.00 bits per heavy atom. The molecular formula is C26H30N4O4S. The number of rotatable bonds is 9. The summed E-state index contributed by atoms with van der Waals surface area (Å²) in [5.74, 6) is 0.341. The molecule has 0 saturated carbocycles. The molecule has 0 atom stereocenters. The summed E-state index contributed by atoms with van der Waals surface area (Å²) in [5, 5.41) is 6.27. The smallest absolute Gasteiger partial charge is 0.261 e. The van der Waals surface area contributed by atoms with E-state index in [0.717, 1.165) is 37.4 Å². The Morgan fingerprint density at radius 3 is 2.40 bits per heavy atom. The van der Waals surface area contributed by atoms with Crippen LogP contribution >= 0.6 is 0 Å². The van der Waals surface area contributed by atoms with Gasteiger partial charge < -0.3 is 20.3 Å². The maximum atomic E-state index is 13.2. The molecule has 3 N–H and O–H groups in total. The number of benzene rings is 3. The average Bonchev–Trinajstić information content (AvgIpc) is 2.89. The van der Waals surface area contributed by atoms with E-state index in [2.05, 4.69) is 20.3 Å². The van der Waals surface area contributed by atoms with Gasteiger partial charge in [0.2, 0.25) is 0 Å². The highest BCUT2D eigenvalue weighted by Crippen LogP contribution is 2.27. The Hall–Kier alpha value is -3.56. The summed E-state index contributed by atoms with van der Waals surface area (Å²) in [7, 11) is -3.84. The van der Waals surface area contributed by atoms with Gasteiger partial charge in [-0.1, -0.05) is 30.3 Å². The van der Waals surface area contributed by atoms with E-state index in [1.807, 2.05) is 37.3 Å². The first-order valence-corrected chi connectivity index (χ1v) is 13.1. The average molecular weight is 495 g/mol. The Morgan fingerprint density at radius 2 is 1.71 bits per heavy atom. The topological polar surface area (TPSA) is 99.8 Å². The van der Waals surface area contributed by atoms with Crippen LogP contribution in [0.3, 0.4) is 0 Å². The summed E-state index contributed by atoms with van der Waals surface area (Å²) in [4.78, 5) is 15.5. The van der Waals surface area contributed by atoms with Gasteiger partial charge in [0.15, 0.2) is 0 Å². The zero-order valence-corrected chi connectivity index (χ0v) is 20.5. The van der Waals surface area contributed by atoms with Crippen molar-refractivity contribution in [2.24, 2.45) is 0 Å². The molecule has 0 unspecified atom stereocenters. The van der Waals surface area contributed by atoms with Crippen LogP contribution < -0.4 is 25.0 Å². The number of sulfonamides is 1. The molecule has 0 spiro atoms. The van der Waals surface area contributed by atoms with Crippen LogP contribution in [0.5, 0.6) is 5.75 Å². The molecule has 1 amide bonds. The Balaban J connectivity index is 1.58. The highest BCUT2D eigenvalue weighted by atomic mass is 32.2. The number of hydrogen-bond acceptors (Lipinski definition) is 6. The summed E-state index contributed by atoms with van der Waals surface area (Å²) in [6, 6.07) is 21.0. The van der Waals surface area contributed by atoms with Gasteiger partial charge >= 0.3 is 0 Å². The van der Waals surface area contributed by atoms with Gasteiger partial charge in [0, 0.05) is 44.1 Å². The molecule has 3 aromatic rings. The van der Waals surface area contributed by atoms with E-state index in [1.54, 1.807) is 30.3 Å². The third kappa shape index (κ3) is 6.32. The van der Waals surface area contributed by atoms with E-state index in [0.29, 0.717) is 30.2 Å². The van der Waals surface area contributed by atoms with Crippen molar-refractivity contribution in [2.45, 2.75) is 18.4 Å². The van der Waals surface area contributed by atoms with E-state index in [9.17, 15) is 13.2 Å². The van der Waals surface area contributed by atoms with E-state index >= 15 is 0 Å².